The average molecular weight is 240 g/mol. The summed E-state index contributed by atoms with van der Waals surface area (Å²) in [5.41, 5.74) is 1.32. The quantitative estimate of drug-likeness (QED) is 0.717. The summed E-state index contributed by atoms with van der Waals surface area (Å²) in [6, 6.07) is 9.25. The van der Waals surface area contributed by atoms with Crippen LogP contribution in [0.3, 0.4) is 0 Å². The van der Waals surface area contributed by atoms with Crippen LogP contribution in [0.5, 0.6) is 0 Å². The maximum Gasteiger partial charge on any atom is 0.254 e. The van der Waals surface area contributed by atoms with Gasteiger partial charge in [0.25, 0.3) is 5.91 Å². The zero-order valence-corrected chi connectivity index (χ0v) is 10.3. The third kappa shape index (κ3) is 3.33. The topological polar surface area (TPSA) is 44.1 Å². The van der Waals surface area contributed by atoms with Gasteiger partial charge < -0.3 is 4.90 Å². The molecule has 1 aromatic carbocycles. The number of hydrogen-bond donors (Lipinski definition) is 0. The van der Waals surface area contributed by atoms with Crippen LogP contribution in [-0.2, 0) is 6.42 Å². The molecule has 0 radical (unpaired) electrons. The molecule has 0 unspecified atom stereocenters. The van der Waals surface area contributed by atoms with E-state index >= 15 is 0 Å². The predicted molar refractivity (Wildman–Crippen MR) is 72.1 cm³/mol. The molecule has 0 saturated carbocycles. The van der Waals surface area contributed by atoms with E-state index in [0.29, 0.717) is 18.7 Å². The van der Waals surface area contributed by atoms with Crippen LogP contribution < -0.4 is 0 Å². The van der Waals surface area contributed by atoms with Crippen molar-refractivity contribution in [2.45, 2.75) is 6.42 Å². The van der Waals surface area contributed by atoms with Crippen molar-refractivity contribution < 1.29 is 4.79 Å². The fourth-order valence-corrected chi connectivity index (χ4v) is 1.69. The summed E-state index contributed by atoms with van der Waals surface area (Å²) >= 11 is 0. The van der Waals surface area contributed by atoms with Gasteiger partial charge in [-0.3, -0.25) is 4.79 Å². The highest BCUT2D eigenvalue weighted by atomic mass is 16.2. The highest BCUT2D eigenvalue weighted by Crippen LogP contribution is 2.12. The number of carbonyl (C=O) groups is 1. The molecule has 0 N–H and O–H groups in total. The molecule has 0 aromatic heterocycles. The van der Waals surface area contributed by atoms with Crippen molar-refractivity contribution in [3.63, 3.8) is 0 Å². The molecule has 18 heavy (non-hydrogen) atoms. The first-order valence-electron chi connectivity index (χ1n) is 5.70. The Bertz CT molecular complexity index is 476. The molecule has 3 nitrogen and oxygen atoms in total. The minimum atomic E-state index is -0.0966. The standard InChI is InChI=1S/C15H16N2O/c1-3-11-17(12-4-2)15(18)14-8-6-5-7-13(14)9-10-16/h3-8H,1-2,9,11-12H2. The SMILES string of the molecule is C=CCN(CC=C)C(=O)c1ccccc1CC#N. The summed E-state index contributed by atoms with van der Waals surface area (Å²) in [6.07, 6.45) is 3.58. The van der Waals surface area contributed by atoms with Crippen LogP contribution in [0, 0.1) is 11.3 Å². The van der Waals surface area contributed by atoms with Crippen molar-refractivity contribution in [2.75, 3.05) is 13.1 Å². The first kappa shape index (κ1) is 13.7. The number of benzene rings is 1. The van der Waals surface area contributed by atoms with Crippen molar-refractivity contribution in [3.05, 3.63) is 60.7 Å². The Morgan fingerprint density at radius 2 is 1.89 bits per heavy atom. The molecular formula is C15H16N2O. The lowest BCUT2D eigenvalue weighted by Gasteiger charge is -2.20. The zero-order chi connectivity index (χ0) is 13.4. The first-order valence-corrected chi connectivity index (χ1v) is 5.70. The second kappa shape index (κ2) is 7.08. The van der Waals surface area contributed by atoms with Crippen LogP contribution in [0.15, 0.2) is 49.6 Å². The van der Waals surface area contributed by atoms with E-state index in [0.717, 1.165) is 5.56 Å². The van der Waals surface area contributed by atoms with Crippen molar-refractivity contribution in [3.8, 4) is 6.07 Å². The molecule has 0 saturated heterocycles. The summed E-state index contributed by atoms with van der Waals surface area (Å²) in [5.74, 6) is -0.0966. The molecule has 0 aliphatic carbocycles. The van der Waals surface area contributed by atoms with E-state index in [9.17, 15) is 4.79 Å². The van der Waals surface area contributed by atoms with Gasteiger partial charge >= 0.3 is 0 Å². The number of hydrogen-bond acceptors (Lipinski definition) is 2. The van der Waals surface area contributed by atoms with E-state index in [-0.39, 0.29) is 12.3 Å². The van der Waals surface area contributed by atoms with Gasteiger partial charge in [0.05, 0.1) is 12.5 Å². The minimum absolute atomic E-state index is 0.0966. The maximum absolute atomic E-state index is 12.3. The Kier molecular flexibility index (Phi) is 5.40. The lowest BCUT2D eigenvalue weighted by atomic mass is 10.0. The molecule has 0 spiro atoms. The Morgan fingerprint density at radius 3 is 2.44 bits per heavy atom. The van der Waals surface area contributed by atoms with Gasteiger partial charge in [-0.05, 0) is 11.6 Å². The van der Waals surface area contributed by atoms with Gasteiger partial charge in [0.1, 0.15) is 0 Å². The molecule has 92 valence electrons. The third-order valence-electron chi connectivity index (χ3n) is 2.50. The number of amides is 1. The molecule has 3 heteroatoms. The van der Waals surface area contributed by atoms with Gasteiger partial charge in [-0.25, -0.2) is 0 Å². The van der Waals surface area contributed by atoms with Gasteiger partial charge in [-0.1, -0.05) is 30.4 Å². The fourth-order valence-electron chi connectivity index (χ4n) is 1.69. The normalized spacial score (nSPS) is 9.28. The summed E-state index contributed by atoms with van der Waals surface area (Å²) in [4.78, 5) is 14.0. The summed E-state index contributed by atoms with van der Waals surface area (Å²) in [6.45, 7) is 8.20. The minimum Gasteiger partial charge on any atom is -0.331 e. The fraction of sp³-hybridized carbons (Fsp3) is 0.200. The molecule has 1 rings (SSSR count). The van der Waals surface area contributed by atoms with Crippen LogP contribution in [0.1, 0.15) is 15.9 Å². The number of nitriles is 1. The maximum atomic E-state index is 12.3. The van der Waals surface area contributed by atoms with Gasteiger partial charge in [0, 0.05) is 18.7 Å². The Hall–Kier alpha value is -2.34. The summed E-state index contributed by atoms with van der Waals surface area (Å²) in [7, 11) is 0. The second-order valence-electron chi connectivity index (χ2n) is 3.78. The molecule has 1 amide bonds. The highest BCUT2D eigenvalue weighted by molar-refractivity contribution is 5.96. The molecule has 0 atom stereocenters. The Balaban J connectivity index is 3.04. The Labute approximate surface area is 108 Å². The summed E-state index contributed by atoms with van der Waals surface area (Å²) < 4.78 is 0. The van der Waals surface area contributed by atoms with Crippen molar-refractivity contribution >= 4 is 5.91 Å². The lowest BCUT2D eigenvalue weighted by Crippen LogP contribution is -2.32. The van der Waals surface area contributed by atoms with Crippen molar-refractivity contribution in [1.29, 1.82) is 5.26 Å². The molecule has 0 fully saturated rings. The highest BCUT2D eigenvalue weighted by Gasteiger charge is 2.16. The number of rotatable bonds is 6. The molecule has 0 bridgehead atoms. The second-order valence-corrected chi connectivity index (χ2v) is 3.78. The molecule has 0 aliphatic heterocycles. The van der Waals surface area contributed by atoms with E-state index < -0.39 is 0 Å². The average Bonchev–Trinajstić information content (AvgIpc) is 2.39. The van der Waals surface area contributed by atoms with Gasteiger partial charge in [0.2, 0.25) is 0 Å². The molecular weight excluding hydrogens is 224 g/mol. The van der Waals surface area contributed by atoms with Gasteiger partial charge in [0.15, 0.2) is 0 Å². The van der Waals surface area contributed by atoms with Gasteiger partial charge in [-0.2, -0.15) is 5.26 Å². The number of carbonyl (C=O) groups excluding carboxylic acids is 1. The lowest BCUT2D eigenvalue weighted by molar-refractivity contribution is 0.0790. The van der Waals surface area contributed by atoms with Crippen LogP contribution in [0.2, 0.25) is 0 Å². The predicted octanol–water partition coefficient (Wildman–Crippen LogP) is 2.57. The number of nitrogens with zero attached hydrogens (tertiary/aromatic N) is 2. The van der Waals surface area contributed by atoms with E-state index in [4.69, 9.17) is 5.26 Å². The smallest absolute Gasteiger partial charge is 0.254 e. The van der Waals surface area contributed by atoms with Crippen LogP contribution in [0.4, 0.5) is 0 Å². The van der Waals surface area contributed by atoms with Crippen LogP contribution >= 0.6 is 0 Å². The van der Waals surface area contributed by atoms with Crippen molar-refractivity contribution in [2.24, 2.45) is 0 Å². The van der Waals surface area contributed by atoms with E-state index in [1.54, 1.807) is 35.3 Å². The molecule has 0 aliphatic rings. The molecule has 1 aromatic rings. The van der Waals surface area contributed by atoms with E-state index in [1.165, 1.54) is 0 Å². The summed E-state index contributed by atoms with van der Waals surface area (Å²) in [5, 5.41) is 8.76. The van der Waals surface area contributed by atoms with E-state index in [1.807, 2.05) is 6.07 Å². The Morgan fingerprint density at radius 1 is 1.28 bits per heavy atom. The largest absolute Gasteiger partial charge is 0.331 e. The van der Waals surface area contributed by atoms with Crippen LogP contribution in [-0.4, -0.2) is 23.9 Å². The zero-order valence-electron chi connectivity index (χ0n) is 10.3. The first-order chi connectivity index (χ1) is 8.74. The van der Waals surface area contributed by atoms with Gasteiger partial charge in [-0.15, -0.1) is 13.2 Å². The molecule has 0 heterocycles. The third-order valence-corrected chi connectivity index (χ3v) is 2.50. The monoisotopic (exact) mass is 240 g/mol. The van der Waals surface area contributed by atoms with Crippen molar-refractivity contribution in [1.82, 2.24) is 4.90 Å². The van der Waals surface area contributed by atoms with Crippen LogP contribution in [0.25, 0.3) is 0 Å². The van der Waals surface area contributed by atoms with E-state index in [2.05, 4.69) is 19.2 Å².